The van der Waals surface area contributed by atoms with Crippen molar-refractivity contribution in [3.05, 3.63) is 0 Å². The molecule has 0 saturated carbocycles. The van der Waals surface area contributed by atoms with Gasteiger partial charge in [-0.15, -0.1) is 0 Å². The lowest BCUT2D eigenvalue weighted by molar-refractivity contribution is -0.189. The Morgan fingerprint density at radius 3 is 2.31 bits per heavy atom. The van der Waals surface area contributed by atoms with Crippen LogP contribution in [0, 0.1) is 0 Å². The van der Waals surface area contributed by atoms with Crippen molar-refractivity contribution < 1.29 is 20.1 Å². The van der Waals surface area contributed by atoms with Crippen molar-refractivity contribution in [2.24, 2.45) is 5.73 Å². The second-order valence-electron chi connectivity index (χ2n) is 3.36. The van der Waals surface area contributed by atoms with Crippen molar-refractivity contribution >= 4 is 0 Å². The van der Waals surface area contributed by atoms with E-state index in [1.807, 2.05) is 6.92 Å². The lowest BCUT2D eigenvalue weighted by atomic mass is 9.92. The molecule has 1 heterocycles. The minimum atomic E-state index is -1.09. The molecule has 0 spiro atoms. The molecule has 1 aliphatic heterocycles. The molecule has 4 unspecified atom stereocenters. The first kappa shape index (κ1) is 10.9. The molecule has 0 aliphatic carbocycles. The predicted octanol–water partition coefficient (Wildman–Crippen LogP) is -1.79. The average Bonchev–Trinajstić information content (AvgIpc) is 2.15. The number of nitrogens with two attached hydrogens (primary N) is 1. The monoisotopic (exact) mass is 191 g/mol. The van der Waals surface area contributed by atoms with Gasteiger partial charge in [-0.05, 0) is 6.42 Å². The predicted molar refractivity (Wildman–Crippen MR) is 46.0 cm³/mol. The van der Waals surface area contributed by atoms with Crippen molar-refractivity contribution in [2.45, 2.75) is 43.8 Å². The lowest BCUT2D eigenvalue weighted by Gasteiger charge is -2.40. The molecule has 5 N–H and O–H groups in total. The van der Waals surface area contributed by atoms with Crippen molar-refractivity contribution in [3.63, 3.8) is 0 Å². The third-order valence-electron chi connectivity index (χ3n) is 2.49. The van der Waals surface area contributed by atoms with E-state index in [9.17, 15) is 10.2 Å². The highest BCUT2D eigenvalue weighted by molar-refractivity contribution is 4.93. The molecule has 0 bridgehead atoms. The molecule has 1 rings (SSSR count). The highest BCUT2D eigenvalue weighted by Crippen LogP contribution is 2.21. The summed E-state index contributed by atoms with van der Waals surface area (Å²) in [5.74, 6) is 0. The van der Waals surface area contributed by atoms with Gasteiger partial charge in [0, 0.05) is 0 Å². The zero-order chi connectivity index (χ0) is 10.0. The Bertz CT molecular complexity index is 146. The van der Waals surface area contributed by atoms with Crippen LogP contribution in [-0.4, -0.2) is 52.4 Å². The number of aliphatic hydroxyl groups excluding tert-OH is 3. The number of ether oxygens (including phenoxy) is 1. The van der Waals surface area contributed by atoms with Crippen LogP contribution in [0.3, 0.4) is 0 Å². The van der Waals surface area contributed by atoms with Crippen LogP contribution in [0.4, 0.5) is 0 Å². The van der Waals surface area contributed by atoms with E-state index in [1.165, 1.54) is 0 Å². The molecule has 5 atom stereocenters. The summed E-state index contributed by atoms with van der Waals surface area (Å²) in [6.07, 6.45) is -2.48. The van der Waals surface area contributed by atoms with E-state index in [4.69, 9.17) is 15.6 Å². The van der Waals surface area contributed by atoms with Crippen LogP contribution in [0.25, 0.3) is 0 Å². The lowest BCUT2D eigenvalue weighted by Crippen LogP contribution is -2.61. The largest absolute Gasteiger partial charge is 0.394 e. The highest BCUT2D eigenvalue weighted by atomic mass is 16.5. The zero-order valence-corrected chi connectivity index (χ0v) is 7.63. The Hall–Kier alpha value is -0.200. The number of aliphatic hydroxyl groups is 3. The van der Waals surface area contributed by atoms with E-state index in [-0.39, 0.29) is 12.7 Å². The van der Waals surface area contributed by atoms with Gasteiger partial charge in [0.25, 0.3) is 0 Å². The summed E-state index contributed by atoms with van der Waals surface area (Å²) < 4.78 is 5.29. The standard InChI is InChI=1S/C8H17NO4/c1-2-4-6(9)8(12)7(11)5(3-10)13-4/h4-8,10-12H,2-3,9H2,1H3/t4-,5?,6?,7?,8?/m1/s1. The van der Waals surface area contributed by atoms with Gasteiger partial charge in [0.2, 0.25) is 0 Å². The van der Waals surface area contributed by atoms with Crippen LogP contribution in [0.15, 0.2) is 0 Å². The van der Waals surface area contributed by atoms with Gasteiger partial charge < -0.3 is 25.8 Å². The number of hydrogen-bond acceptors (Lipinski definition) is 5. The SMILES string of the molecule is CC[C@H]1OC(CO)C(O)C(O)C1N. The molecule has 0 aromatic carbocycles. The molecule has 1 aliphatic rings. The summed E-state index contributed by atoms with van der Waals surface area (Å²) in [4.78, 5) is 0. The van der Waals surface area contributed by atoms with Crippen molar-refractivity contribution in [1.82, 2.24) is 0 Å². The molecule has 13 heavy (non-hydrogen) atoms. The summed E-state index contributed by atoms with van der Waals surface area (Å²) in [5.41, 5.74) is 5.62. The smallest absolute Gasteiger partial charge is 0.110 e. The molecule has 78 valence electrons. The van der Waals surface area contributed by atoms with Gasteiger partial charge in [0.15, 0.2) is 0 Å². The van der Waals surface area contributed by atoms with Crippen LogP contribution in [0.5, 0.6) is 0 Å². The first-order chi connectivity index (χ1) is 6.11. The average molecular weight is 191 g/mol. The van der Waals surface area contributed by atoms with Gasteiger partial charge in [-0.3, -0.25) is 0 Å². The maximum absolute atomic E-state index is 9.48. The van der Waals surface area contributed by atoms with E-state index in [0.717, 1.165) is 0 Å². The molecular formula is C8H17NO4. The number of rotatable bonds is 2. The quantitative estimate of drug-likeness (QED) is 0.413. The molecule has 0 aromatic heterocycles. The van der Waals surface area contributed by atoms with Gasteiger partial charge in [-0.1, -0.05) is 6.92 Å². The van der Waals surface area contributed by atoms with Gasteiger partial charge in [0.1, 0.15) is 18.3 Å². The fourth-order valence-corrected chi connectivity index (χ4v) is 1.58. The molecule has 1 fully saturated rings. The molecule has 5 heteroatoms. The van der Waals surface area contributed by atoms with E-state index >= 15 is 0 Å². The Morgan fingerprint density at radius 2 is 1.85 bits per heavy atom. The van der Waals surface area contributed by atoms with Crippen molar-refractivity contribution in [2.75, 3.05) is 6.61 Å². The molecular weight excluding hydrogens is 174 g/mol. The molecule has 0 amide bonds. The van der Waals surface area contributed by atoms with Gasteiger partial charge in [-0.2, -0.15) is 0 Å². The Labute approximate surface area is 77.1 Å². The van der Waals surface area contributed by atoms with E-state index in [1.54, 1.807) is 0 Å². The minimum absolute atomic E-state index is 0.296. The second kappa shape index (κ2) is 4.34. The Morgan fingerprint density at radius 1 is 1.23 bits per heavy atom. The van der Waals surface area contributed by atoms with Crippen LogP contribution in [-0.2, 0) is 4.74 Å². The minimum Gasteiger partial charge on any atom is -0.394 e. The van der Waals surface area contributed by atoms with Gasteiger partial charge >= 0.3 is 0 Å². The van der Waals surface area contributed by atoms with Crippen LogP contribution in [0.2, 0.25) is 0 Å². The third-order valence-corrected chi connectivity index (χ3v) is 2.49. The van der Waals surface area contributed by atoms with Crippen LogP contribution in [0.1, 0.15) is 13.3 Å². The summed E-state index contributed by atoms with van der Waals surface area (Å²) in [5, 5.41) is 27.7. The van der Waals surface area contributed by atoms with Crippen molar-refractivity contribution in [3.8, 4) is 0 Å². The first-order valence-electron chi connectivity index (χ1n) is 4.49. The Balaban J connectivity index is 2.66. The maximum atomic E-state index is 9.48. The molecule has 1 saturated heterocycles. The topological polar surface area (TPSA) is 95.9 Å². The Kier molecular flexibility index (Phi) is 3.63. The van der Waals surface area contributed by atoms with Crippen LogP contribution >= 0.6 is 0 Å². The normalized spacial score (nSPS) is 46.4. The highest BCUT2D eigenvalue weighted by Gasteiger charge is 2.41. The summed E-state index contributed by atoms with van der Waals surface area (Å²) in [6.45, 7) is 1.57. The number of hydrogen-bond donors (Lipinski definition) is 4. The van der Waals surface area contributed by atoms with Crippen molar-refractivity contribution in [1.29, 1.82) is 0 Å². The molecule has 5 nitrogen and oxygen atoms in total. The zero-order valence-electron chi connectivity index (χ0n) is 7.63. The second-order valence-corrected chi connectivity index (χ2v) is 3.36. The summed E-state index contributed by atoms with van der Waals surface area (Å²) in [6, 6.07) is -0.581. The van der Waals surface area contributed by atoms with E-state index < -0.39 is 24.4 Å². The first-order valence-corrected chi connectivity index (χ1v) is 4.49. The van der Waals surface area contributed by atoms with E-state index in [0.29, 0.717) is 6.42 Å². The fourth-order valence-electron chi connectivity index (χ4n) is 1.58. The summed E-state index contributed by atoms with van der Waals surface area (Å²) in [7, 11) is 0. The fraction of sp³-hybridized carbons (Fsp3) is 1.00. The van der Waals surface area contributed by atoms with Crippen LogP contribution < -0.4 is 5.73 Å². The molecule has 0 aromatic rings. The van der Waals surface area contributed by atoms with Gasteiger partial charge in [0.05, 0.1) is 18.8 Å². The third kappa shape index (κ3) is 2.00. The van der Waals surface area contributed by atoms with Gasteiger partial charge in [-0.25, -0.2) is 0 Å². The van der Waals surface area contributed by atoms with E-state index in [2.05, 4.69) is 0 Å². The molecule has 0 radical (unpaired) electrons. The maximum Gasteiger partial charge on any atom is 0.110 e. The summed E-state index contributed by atoms with van der Waals surface area (Å²) >= 11 is 0.